The third-order valence-corrected chi connectivity index (χ3v) is 11.1. The zero-order valence-electron chi connectivity index (χ0n) is 40.5. The first-order valence-corrected chi connectivity index (χ1v) is 24.2. The lowest BCUT2D eigenvalue weighted by Crippen LogP contribution is -2.35. The van der Waals surface area contributed by atoms with Crippen LogP contribution in [0, 0.1) is 0 Å². The highest BCUT2D eigenvalue weighted by Crippen LogP contribution is 2.48. The fourth-order valence-electron chi connectivity index (χ4n) is 6.62. The van der Waals surface area contributed by atoms with Crippen LogP contribution in [-0.2, 0) is 82.9 Å². The first kappa shape index (κ1) is 60.6. The monoisotopic (exact) mass is 1070 g/mol. The molecule has 9 aliphatic heterocycles. The van der Waals surface area contributed by atoms with Crippen molar-refractivity contribution < 1.29 is 101 Å². The highest BCUT2D eigenvalue weighted by atomic mass is 32.2. The molecule has 26 heteroatoms. The van der Waals surface area contributed by atoms with Crippen molar-refractivity contribution in [3.63, 3.8) is 0 Å². The lowest BCUT2D eigenvalue weighted by Gasteiger charge is -2.30. The third kappa shape index (κ3) is 27.8. The van der Waals surface area contributed by atoms with Gasteiger partial charge >= 0.3 is 26.4 Å². The molecule has 0 amide bonds. The van der Waals surface area contributed by atoms with E-state index in [9.17, 15) is 44.1 Å². The molecule has 0 N–H and O–H groups in total. The first-order valence-electron chi connectivity index (χ1n) is 23.4. The van der Waals surface area contributed by atoms with Crippen LogP contribution < -0.4 is 14.0 Å². The highest BCUT2D eigenvalue weighted by Gasteiger charge is 2.23. The molecule has 9 aliphatic rings. The molecule has 0 aliphatic carbocycles. The minimum Gasteiger partial charge on any atom is -0.463 e. The van der Waals surface area contributed by atoms with E-state index in [0.717, 1.165) is 56.5 Å². The van der Waals surface area contributed by atoms with Crippen LogP contribution in [0.3, 0.4) is 0 Å². The van der Waals surface area contributed by atoms with Gasteiger partial charge in [-0.3, -0.25) is 9.59 Å². The van der Waals surface area contributed by atoms with Gasteiger partial charge in [0.25, 0.3) is 0 Å². The summed E-state index contributed by atoms with van der Waals surface area (Å²) >= 11 is 1.63. The molecule has 13 rings (SSSR count). The number of halogens is 8. The molecule has 0 fully saturated rings. The molecule has 0 saturated carbocycles. The Labute approximate surface area is 423 Å². The summed E-state index contributed by atoms with van der Waals surface area (Å²) < 4.78 is 138. The van der Waals surface area contributed by atoms with Crippen molar-refractivity contribution in [2.45, 2.75) is 35.7 Å². The van der Waals surface area contributed by atoms with E-state index in [1.165, 1.54) is 0 Å². The number of hydrogen-bond acceptors (Lipinski definition) is 14. The largest absolute Gasteiger partial charge is 0.673 e. The van der Waals surface area contributed by atoms with Crippen LogP contribution in [0.2, 0.25) is 0 Å². The quantitative estimate of drug-likeness (QED) is 0.0792. The first-order chi connectivity index (χ1) is 35.0. The molecule has 2 aromatic heterocycles. The summed E-state index contributed by atoms with van der Waals surface area (Å²) in [5.41, 5.74) is 6.03. The Morgan fingerprint density at radius 1 is 0.425 bits per heavy atom. The van der Waals surface area contributed by atoms with E-state index in [1.54, 1.807) is 11.8 Å². The summed E-state index contributed by atoms with van der Waals surface area (Å²) in [5, 5.41) is 0. The van der Waals surface area contributed by atoms with Crippen LogP contribution in [-0.4, -0.2) is 152 Å². The fraction of sp³-hybridized carbons (Fsp3) is 0.489. The Bertz CT molecular complexity index is 2180. The number of hydrogen-bond donors (Lipinski definition) is 0. The molecule has 11 heterocycles. The number of aromatic nitrogens is 2. The molecule has 73 heavy (non-hydrogen) atoms. The number of anilines is 2. The number of rotatable bonds is 0. The summed E-state index contributed by atoms with van der Waals surface area (Å²) in [6.07, 6.45) is 8.56. The molecule has 4 aromatic rings. The lowest BCUT2D eigenvalue weighted by atomic mass is 10.1. The van der Waals surface area contributed by atoms with Gasteiger partial charge < -0.3 is 86.8 Å². The van der Waals surface area contributed by atoms with Gasteiger partial charge in [0.15, 0.2) is 37.9 Å². The average Bonchev–Trinajstić information content (AvgIpc) is 3.33. The zero-order valence-corrected chi connectivity index (χ0v) is 41.3. The van der Waals surface area contributed by atoms with Crippen LogP contribution in [0.1, 0.15) is 11.1 Å². The summed E-state index contributed by atoms with van der Waals surface area (Å²) in [6.45, 7) is 9.06. The summed E-state index contributed by atoms with van der Waals surface area (Å²) in [4.78, 5) is 29.4. The van der Waals surface area contributed by atoms with Gasteiger partial charge in [0, 0.05) is 41.1 Å². The molecule has 0 saturated heterocycles. The van der Waals surface area contributed by atoms with Gasteiger partial charge in [-0.2, -0.15) is 0 Å². The van der Waals surface area contributed by atoms with Crippen LogP contribution in [0.15, 0.2) is 95.2 Å². The Balaban J connectivity index is 0.00000105. The SMILES string of the molecule is CN1c2ccc3cc2Sc2ccc(cc21)CC(=O)OCCOCCOCCOCCOCC[n+]1ccc(cc1)-c1cc[n+](cc1)CCOCCOCCOCCOCCOC(=O)C3.F[B-](F)(F)F.F[B-](F)(F)F. The average molecular weight is 1070 g/mol. The van der Waals surface area contributed by atoms with Gasteiger partial charge in [-0.05, 0) is 46.5 Å². The number of nitrogens with zero attached hydrogens (tertiary/aromatic N) is 3. The maximum Gasteiger partial charge on any atom is 0.673 e. The molecule has 0 atom stereocenters. The molecular formula is C47H61B2F8N3O12S. The summed E-state index contributed by atoms with van der Waals surface area (Å²) in [5.74, 6) is -0.632. The number of esters is 2. The van der Waals surface area contributed by atoms with Crippen molar-refractivity contribution in [3.8, 4) is 11.1 Å². The van der Waals surface area contributed by atoms with E-state index in [4.69, 9.17) is 47.4 Å². The predicted octanol–water partition coefficient (Wildman–Crippen LogP) is 6.78. The number of pyridine rings is 2. The van der Waals surface area contributed by atoms with Crippen LogP contribution >= 0.6 is 11.8 Å². The van der Waals surface area contributed by atoms with Crippen LogP contribution in [0.4, 0.5) is 45.9 Å². The molecule has 10 bridgehead atoms. The predicted molar refractivity (Wildman–Crippen MR) is 254 cm³/mol. The zero-order chi connectivity index (χ0) is 52.7. The maximum atomic E-state index is 12.6. The summed E-state index contributed by atoms with van der Waals surface area (Å²) in [7, 11) is -10.0. The van der Waals surface area contributed by atoms with E-state index >= 15 is 0 Å². The van der Waals surface area contributed by atoms with E-state index in [2.05, 4.69) is 63.1 Å². The van der Waals surface area contributed by atoms with Gasteiger partial charge in [-0.25, -0.2) is 9.13 Å². The minimum absolute atomic E-state index is 0.153. The number of benzene rings is 2. The van der Waals surface area contributed by atoms with Crippen molar-refractivity contribution in [2.24, 2.45) is 0 Å². The van der Waals surface area contributed by atoms with Gasteiger partial charge in [0.2, 0.25) is 0 Å². The second kappa shape index (κ2) is 33.8. The van der Waals surface area contributed by atoms with E-state index in [-0.39, 0.29) is 51.2 Å². The Morgan fingerprint density at radius 3 is 1.14 bits per heavy atom. The molecule has 0 radical (unpaired) electrons. The Kier molecular flexibility index (Phi) is 28.1. The van der Waals surface area contributed by atoms with Gasteiger partial charge in [-0.15, -0.1) is 0 Å². The second-order valence-electron chi connectivity index (χ2n) is 15.6. The highest BCUT2D eigenvalue weighted by molar-refractivity contribution is 7.99. The van der Waals surface area contributed by atoms with Crippen LogP contribution in [0.25, 0.3) is 11.1 Å². The van der Waals surface area contributed by atoms with Crippen molar-refractivity contribution in [1.82, 2.24) is 0 Å². The van der Waals surface area contributed by atoms with E-state index in [1.807, 2.05) is 43.4 Å². The Morgan fingerprint density at radius 2 is 0.753 bits per heavy atom. The van der Waals surface area contributed by atoms with Gasteiger partial charge in [-0.1, -0.05) is 23.9 Å². The Hall–Kier alpha value is -4.92. The van der Waals surface area contributed by atoms with E-state index in [0.29, 0.717) is 92.5 Å². The van der Waals surface area contributed by atoms with Crippen molar-refractivity contribution in [1.29, 1.82) is 0 Å². The third-order valence-electron chi connectivity index (χ3n) is 10.0. The lowest BCUT2D eigenvalue weighted by molar-refractivity contribution is -0.698. The molecular weight excluding hydrogens is 1000 g/mol. The molecule has 0 spiro atoms. The molecule has 0 unspecified atom stereocenters. The number of ether oxygens (including phenoxy) is 10. The smallest absolute Gasteiger partial charge is 0.463 e. The summed E-state index contributed by atoms with van der Waals surface area (Å²) in [6, 6.07) is 20.4. The van der Waals surface area contributed by atoms with E-state index < -0.39 is 14.5 Å². The van der Waals surface area contributed by atoms with Crippen molar-refractivity contribution >= 4 is 49.6 Å². The molecule has 2 aromatic carbocycles. The van der Waals surface area contributed by atoms with Crippen molar-refractivity contribution in [3.05, 3.63) is 96.6 Å². The fourth-order valence-corrected chi connectivity index (χ4v) is 7.82. The van der Waals surface area contributed by atoms with Crippen LogP contribution in [0.5, 0.6) is 0 Å². The molecule has 15 nitrogen and oxygen atoms in total. The maximum absolute atomic E-state index is 12.6. The second-order valence-corrected chi connectivity index (χ2v) is 16.7. The molecule has 404 valence electrons. The van der Waals surface area contributed by atoms with Gasteiger partial charge in [0.1, 0.15) is 26.4 Å². The topological polar surface area (TPSA) is 137 Å². The normalized spacial score (nSPS) is 17.8. The number of carbonyl (C=O) groups is 2. The standard InChI is InChI=1S/C47H61N3O12S.2BF4/c1-48-42-4-2-39-35-45(42)63-44-5-3-38(34-43(44)48)36-46(51)61-32-30-59-28-26-57-24-22-55-20-18-53-16-14-49-10-6-40(7-11-49)41-8-12-50(13-9-41)15-17-54-19-21-56-23-25-58-27-29-60-31-33-62-47(52)37-39;2*2-1(3,4)5/h2-13,34-35H,14-33,36-37H2,1H3;;/q+2;2*-1. The minimum atomic E-state index is -6.00. The van der Waals surface area contributed by atoms with Gasteiger partial charge in [0.05, 0.1) is 117 Å². The number of carbonyl (C=O) groups excluding carboxylic acids is 2. The van der Waals surface area contributed by atoms with Crippen molar-refractivity contribution in [2.75, 3.05) is 131 Å².